The molecule has 2 rings (SSSR count). The number of carbonyl (C=O) groups excluding carboxylic acids is 2. The van der Waals surface area contributed by atoms with Gasteiger partial charge in [-0.05, 0) is 26.1 Å². The zero-order chi connectivity index (χ0) is 20.9. The Morgan fingerprint density at radius 3 is 2.45 bits per heavy atom. The molecule has 2 aromatic rings. The number of amides is 2. The molecule has 0 aliphatic heterocycles. The van der Waals surface area contributed by atoms with Crippen molar-refractivity contribution in [3.63, 3.8) is 0 Å². The lowest BCUT2D eigenvalue weighted by Gasteiger charge is -2.25. The molecule has 11 heteroatoms. The number of alkyl halides is 3. The van der Waals surface area contributed by atoms with Crippen LogP contribution < -0.4 is 10.6 Å². The highest BCUT2D eigenvalue weighted by Gasteiger charge is 2.34. The number of nitrogens with one attached hydrogen (secondary N) is 2. The van der Waals surface area contributed by atoms with Crippen LogP contribution in [0.4, 0.5) is 18.9 Å². The highest BCUT2D eigenvalue weighted by Crippen LogP contribution is 2.34. The first-order valence-electron chi connectivity index (χ1n) is 8.58. The molecule has 0 aliphatic carbocycles. The number of halogens is 4. The number of aromatic nitrogens is 2. The van der Waals surface area contributed by atoms with Crippen LogP contribution >= 0.6 is 12.4 Å². The van der Waals surface area contributed by atoms with E-state index in [1.54, 1.807) is 31.9 Å². The first-order valence-corrected chi connectivity index (χ1v) is 8.58. The number of rotatable bonds is 7. The van der Waals surface area contributed by atoms with Gasteiger partial charge in [-0.1, -0.05) is 12.1 Å². The summed E-state index contributed by atoms with van der Waals surface area (Å²) in [6.07, 6.45) is -1.39. The summed E-state index contributed by atoms with van der Waals surface area (Å²) in [6, 6.07) is 3.98. The van der Waals surface area contributed by atoms with E-state index in [4.69, 9.17) is 0 Å². The molecule has 29 heavy (non-hydrogen) atoms. The molecule has 2 amide bonds. The molecule has 1 atom stereocenters. The van der Waals surface area contributed by atoms with Crippen molar-refractivity contribution in [1.82, 2.24) is 20.0 Å². The van der Waals surface area contributed by atoms with Crippen molar-refractivity contribution in [2.45, 2.75) is 19.1 Å². The molecule has 0 saturated carbocycles. The van der Waals surface area contributed by atoms with Crippen LogP contribution in [0.1, 0.15) is 24.1 Å². The lowest BCUT2D eigenvalue weighted by atomic mass is 10.1. The maximum Gasteiger partial charge on any atom is 0.418 e. The quantitative estimate of drug-likeness (QED) is 0.703. The fourth-order valence-corrected chi connectivity index (χ4v) is 2.75. The summed E-state index contributed by atoms with van der Waals surface area (Å²) in [7, 11) is 3.31. The normalized spacial score (nSPS) is 12.1. The van der Waals surface area contributed by atoms with Gasteiger partial charge in [0.25, 0.3) is 0 Å². The molecule has 1 aromatic heterocycles. The van der Waals surface area contributed by atoms with Gasteiger partial charge in [-0.3, -0.25) is 14.3 Å². The van der Waals surface area contributed by atoms with Crippen molar-refractivity contribution in [3.8, 4) is 0 Å². The van der Waals surface area contributed by atoms with E-state index in [0.717, 1.165) is 6.07 Å². The molecule has 0 saturated heterocycles. The fourth-order valence-electron chi connectivity index (χ4n) is 2.75. The smallest absolute Gasteiger partial charge is 0.332 e. The highest BCUT2D eigenvalue weighted by molar-refractivity contribution is 5.96. The molecule has 0 fully saturated rings. The molecular weight excluding hydrogens is 411 g/mol. The topological polar surface area (TPSA) is 79.3 Å². The molecule has 7 nitrogen and oxygen atoms in total. The van der Waals surface area contributed by atoms with E-state index in [0.29, 0.717) is 5.56 Å². The van der Waals surface area contributed by atoms with Crippen LogP contribution in [0.5, 0.6) is 0 Å². The Hall–Kier alpha value is -2.59. The van der Waals surface area contributed by atoms with Gasteiger partial charge in [-0.2, -0.15) is 18.3 Å². The number of aryl methyl sites for hydroxylation is 1. The summed E-state index contributed by atoms with van der Waals surface area (Å²) in [5, 5.41) is 9.14. The van der Waals surface area contributed by atoms with Crippen molar-refractivity contribution in [3.05, 3.63) is 47.8 Å². The summed E-state index contributed by atoms with van der Waals surface area (Å²) in [4.78, 5) is 26.4. The largest absolute Gasteiger partial charge is 0.418 e. The Labute approximate surface area is 172 Å². The first-order chi connectivity index (χ1) is 13.2. The molecule has 160 valence electrons. The average molecular weight is 434 g/mol. The van der Waals surface area contributed by atoms with Crippen LogP contribution in [0.15, 0.2) is 36.7 Å². The number of para-hydroxylation sites is 1. The van der Waals surface area contributed by atoms with Crippen molar-refractivity contribution < 1.29 is 22.8 Å². The predicted molar refractivity (Wildman–Crippen MR) is 105 cm³/mol. The third-order valence-electron chi connectivity index (χ3n) is 4.13. The Morgan fingerprint density at radius 1 is 1.28 bits per heavy atom. The lowest BCUT2D eigenvalue weighted by Crippen LogP contribution is -2.43. The standard InChI is InChI=1S/C18H22F3N5O2.ClH/c1-4-26(17(28)16(22-2)12-9-23-25(3)10-12)11-15(27)24-14-8-6-5-7-13(14)18(19,20)21;/h5-10,16,22H,4,11H2,1-3H3,(H,24,27);1H. The highest BCUT2D eigenvalue weighted by atomic mass is 35.5. The fraction of sp³-hybridized carbons (Fsp3) is 0.389. The van der Waals surface area contributed by atoms with E-state index in [-0.39, 0.29) is 37.1 Å². The zero-order valence-electron chi connectivity index (χ0n) is 16.2. The van der Waals surface area contributed by atoms with E-state index in [2.05, 4.69) is 15.7 Å². The van der Waals surface area contributed by atoms with Gasteiger partial charge in [0, 0.05) is 25.4 Å². The maximum absolute atomic E-state index is 13.1. The Balaban J connectivity index is 0.00000420. The van der Waals surface area contributed by atoms with Gasteiger partial charge in [0.05, 0.1) is 24.0 Å². The Kier molecular flexibility index (Phi) is 8.65. The van der Waals surface area contributed by atoms with Gasteiger partial charge in [-0.25, -0.2) is 0 Å². The molecule has 1 aromatic carbocycles. The van der Waals surface area contributed by atoms with Gasteiger partial charge in [-0.15, -0.1) is 12.4 Å². The van der Waals surface area contributed by atoms with E-state index >= 15 is 0 Å². The molecule has 1 unspecified atom stereocenters. The van der Waals surface area contributed by atoms with E-state index < -0.39 is 23.7 Å². The number of carbonyl (C=O) groups is 2. The first kappa shape index (κ1) is 24.4. The summed E-state index contributed by atoms with van der Waals surface area (Å²) in [5.41, 5.74) is -0.668. The number of hydrogen-bond acceptors (Lipinski definition) is 4. The SMILES string of the molecule is CCN(CC(=O)Nc1ccccc1C(F)(F)F)C(=O)C(NC)c1cnn(C)c1.Cl. The zero-order valence-corrected chi connectivity index (χ0v) is 17.0. The minimum Gasteiger partial charge on any atom is -0.332 e. The summed E-state index contributed by atoms with van der Waals surface area (Å²) in [5.74, 6) is -1.09. The second-order valence-electron chi connectivity index (χ2n) is 6.11. The van der Waals surface area contributed by atoms with Gasteiger partial charge in [0.2, 0.25) is 11.8 Å². The molecule has 0 bridgehead atoms. The molecule has 0 radical (unpaired) electrons. The van der Waals surface area contributed by atoms with Crippen molar-refractivity contribution >= 4 is 29.9 Å². The van der Waals surface area contributed by atoms with Gasteiger partial charge >= 0.3 is 6.18 Å². The van der Waals surface area contributed by atoms with Crippen molar-refractivity contribution in [1.29, 1.82) is 0 Å². The third-order valence-corrected chi connectivity index (χ3v) is 4.13. The number of benzene rings is 1. The van der Waals surface area contributed by atoms with Gasteiger partial charge in [0.1, 0.15) is 6.04 Å². The number of hydrogen-bond donors (Lipinski definition) is 2. The maximum atomic E-state index is 13.1. The second-order valence-corrected chi connectivity index (χ2v) is 6.11. The molecule has 2 N–H and O–H groups in total. The van der Waals surface area contributed by atoms with Crippen LogP contribution in [-0.2, 0) is 22.8 Å². The summed E-state index contributed by atoms with van der Waals surface area (Å²) >= 11 is 0. The van der Waals surface area contributed by atoms with Crippen LogP contribution in [-0.4, -0.2) is 46.6 Å². The van der Waals surface area contributed by atoms with Crippen molar-refractivity contribution in [2.75, 3.05) is 25.5 Å². The number of nitrogens with zero attached hydrogens (tertiary/aromatic N) is 3. The predicted octanol–water partition coefficient (Wildman–Crippen LogP) is 2.61. The molecule has 1 heterocycles. The second kappa shape index (κ2) is 10.3. The van der Waals surface area contributed by atoms with Crippen LogP contribution in [0.3, 0.4) is 0 Å². The minimum absolute atomic E-state index is 0. The van der Waals surface area contributed by atoms with E-state index in [9.17, 15) is 22.8 Å². The number of likely N-dealkylation sites (N-methyl/N-ethyl adjacent to an activating group) is 2. The number of anilines is 1. The molecule has 0 spiro atoms. The average Bonchev–Trinajstić information content (AvgIpc) is 3.05. The Morgan fingerprint density at radius 2 is 1.93 bits per heavy atom. The van der Waals surface area contributed by atoms with Crippen molar-refractivity contribution in [2.24, 2.45) is 7.05 Å². The molecular formula is C18H23ClF3N5O2. The van der Waals surface area contributed by atoms with Gasteiger partial charge < -0.3 is 15.5 Å². The van der Waals surface area contributed by atoms with Crippen LogP contribution in [0.25, 0.3) is 0 Å². The lowest BCUT2D eigenvalue weighted by molar-refractivity contribution is -0.138. The summed E-state index contributed by atoms with van der Waals surface area (Å²) < 4.78 is 40.7. The van der Waals surface area contributed by atoms with E-state index in [1.165, 1.54) is 29.3 Å². The summed E-state index contributed by atoms with van der Waals surface area (Å²) in [6.45, 7) is 1.52. The van der Waals surface area contributed by atoms with E-state index in [1.807, 2.05) is 0 Å². The van der Waals surface area contributed by atoms with Gasteiger partial charge in [0.15, 0.2) is 0 Å². The minimum atomic E-state index is -4.60. The third kappa shape index (κ3) is 6.20. The Bertz CT molecular complexity index is 841. The monoisotopic (exact) mass is 433 g/mol. The van der Waals surface area contributed by atoms with Crippen LogP contribution in [0.2, 0.25) is 0 Å². The van der Waals surface area contributed by atoms with Crippen LogP contribution in [0, 0.1) is 0 Å². The molecule has 0 aliphatic rings.